The maximum absolute atomic E-state index is 5.32. The smallest absolute Gasteiger partial charge is 0.241 e. The second-order valence-electron chi connectivity index (χ2n) is 3.82. The number of rotatable bonds is 5. The minimum absolute atomic E-state index is 0.614. The van der Waals surface area contributed by atoms with Crippen molar-refractivity contribution in [2.24, 2.45) is 0 Å². The molecule has 5 heteroatoms. The molecule has 0 aliphatic rings. The number of hydrogen-bond donors (Lipinski definition) is 1. The zero-order chi connectivity index (χ0) is 13.0. The maximum Gasteiger partial charge on any atom is 0.241 e. The molecule has 2 aromatic rings. The van der Waals surface area contributed by atoms with Crippen LogP contribution in [0.1, 0.15) is 5.56 Å². The summed E-state index contributed by atoms with van der Waals surface area (Å²) < 4.78 is 17.9. The van der Waals surface area contributed by atoms with Crippen LogP contribution in [-0.4, -0.2) is 26.3 Å². The van der Waals surface area contributed by atoms with Gasteiger partial charge in [0.25, 0.3) is 0 Å². The first-order chi connectivity index (χ1) is 8.78. The van der Waals surface area contributed by atoms with Crippen LogP contribution in [0, 0.1) is 0 Å². The Bertz CT molecular complexity index is 484. The highest BCUT2D eigenvalue weighted by Crippen LogP contribution is 2.38. The van der Waals surface area contributed by atoms with Gasteiger partial charge in [-0.1, -0.05) is 0 Å². The minimum Gasteiger partial charge on any atom is -0.493 e. The molecule has 1 aromatic carbocycles. The number of hydrogen-bond acceptors (Lipinski definition) is 3. The van der Waals surface area contributed by atoms with E-state index in [1.54, 1.807) is 21.3 Å². The number of methoxy groups -OCH3 is 3. The van der Waals surface area contributed by atoms with Gasteiger partial charge in [0.2, 0.25) is 12.1 Å². The van der Waals surface area contributed by atoms with Crippen molar-refractivity contribution in [1.29, 1.82) is 0 Å². The van der Waals surface area contributed by atoms with Gasteiger partial charge >= 0.3 is 0 Å². The van der Waals surface area contributed by atoms with Gasteiger partial charge < -0.3 is 14.2 Å². The quantitative estimate of drug-likeness (QED) is 0.814. The van der Waals surface area contributed by atoms with Crippen LogP contribution in [0.3, 0.4) is 0 Å². The molecule has 0 bridgehead atoms. The summed E-state index contributed by atoms with van der Waals surface area (Å²) in [4.78, 5) is 3.01. The van der Waals surface area contributed by atoms with Gasteiger partial charge in [0, 0.05) is 5.56 Å². The van der Waals surface area contributed by atoms with Crippen molar-refractivity contribution >= 4 is 0 Å². The Balaban J connectivity index is 2.37. The van der Waals surface area contributed by atoms with E-state index in [1.165, 1.54) is 0 Å². The number of aromatic nitrogens is 2. The summed E-state index contributed by atoms with van der Waals surface area (Å²) in [6, 6.07) is 3.89. The summed E-state index contributed by atoms with van der Waals surface area (Å²) in [5.41, 5.74) is 1.08. The number of imidazole rings is 1. The molecular weight excluding hydrogens is 232 g/mol. The molecule has 1 aromatic heterocycles. The normalized spacial score (nSPS) is 10.2. The standard InChI is InChI=1S/C13H16N2O3/c1-16-11-6-10(8-15-5-4-14-9-15)7-12(17-2)13(11)18-3/h4-7,9H,8H2,1-3H3/p+1. The molecule has 0 amide bonds. The van der Waals surface area contributed by atoms with Gasteiger partial charge in [-0.3, -0.25) is 4.98 Å². The molecule has 0 unspecified atom stereocenters. The fourth-order valence-electron chi connectivity index (χ4n) is 1.86. The molecular formula is C13H17N2O3+. The Morgan fingerprint density at radius 3 is 2.17 bits per heavy atom. The van der Waals surface area contributed by atoms with Gasteiger partial charge in [0.15, 0.2) is 11.5 Å². The van der Waals surface area contributed by atoms with Crippen molar-refractivity contribution in [3.63, 3.8) is 0 Å². The van der Waals surface area contributed by atoms with Crippen LogP contribution < -0.4 is 18.8 Å². The number of nitrogens with one attached hydrogen (secondary N) is 1. The number of H-pyrrole nitrogens is 1. The summed E-state index contributed by atoms with van der Waals surface area (Å²) in [7, 11) is 4.83. The van der Waals surface area contributed by atoms with Crippen LogP contribution in [0.25, 0.3) is 0 Å². The van der Waals surface area contributed by atoms with E-state index in [9.17, 15) is 0 Å². The molecule has 5 nitrogen and oxygen atoms in total. The largest absolute Gasteiger partial charge is 0.493 e. The first-order valence-corrected chi connectivity index (χ1v) is 5.59. The first kappa shape index (κ1) is 12.3. The molecule has 0 aliphatic carbocycles. The monoisotopic (exact) mass is 249 g/mol. The Kier molecular flexibility index (Phi) is 3.72. The molecule has 96 valence electrons. The molecule has 0 atom stereocenters. The number of benzene rings is 1. The van der Waals surface area contributed by atoms with Crippen LogP contribution in [0.2, 0.25) is 0 Å². The highest BCUT2D eigenvalue weighted by Gasteiger charge is 2.14. The van der Waals surface area contributed by atoms with Crippen LogP contribution in [0.15, 0.2) is 30.9 Å². The zero-order valence-corrected chi connectivity index (χ0v) is 10.8. The Morgan fingerprint density at radius 1 is 1.06 bits per heavy atom. The zero-order valence-electron chi connectivity index (χ0n) is 10.8. The van der Waals surface area contributed by atoms with Gasteiger partial charge in [-0.05, 0) is 12.1 Å². The van der Waals surface area contributed by atoms with Gasteiger partial charge in [-0.15, -0.1) is 0 Å². The van der Waals surface area contributed by atoms with Crippen LogP contribution >= 0.6 is 0 Å². The van der Waals surface area contributed by atoms with E-state index >= 15 is 0 Å². The summed E-state index contributed by atoms with van der Waals surface area (Å²) in [5.74, 6) is 1.95. The highest BCUT2D eigenvalue weighted by molar-refractivity contribution is 5.53. The van der Waals surface area contributed by atoms with Crippen molar-refractivity contribution in [3.05, 3.63) is 36.4 Å². The Morgan fingerprint density at radius 2 is 1.72 bits per heavy atom. The molecule has 0 aliphatic heterocycles. The third-order valence-electron chi connectivity index (χ3n) is 2.69. The summed E-state index contributed by atoms with van der Waals surface area (Å²) in [5, 5.41) is 0. The van der Waals surface area contributed by atoms with Gasteiger partial charge in [-0.25, -0.2) is 4.57 Å². The topological polar surface area (TPSA) is 47.4 Å². The molecule has 0 saturated heterocycles. The number of nitrogens with zero attached hydrogens (tertiary/aromatic N) is 1. The second kappa shape index (κ2) is 5.44. The van der Waals surface area contributed by atoms with Gasteiger partial charge in [0.1, 0.15) is 18.9 Å². The predicted molar refractivity (Wildman–Crippen MR) is 66.2 cm³/mol. The average Bonchev–Trinajstić information content (AvgIpc) is 2.90. The van der Waals surface area contributed by atoms with E-state index in [0.29, 0.717) is 17.2 Å². The van der Waals surface area contributed by atoms with Crippen molar-refractivity contribution in [2.75, 3.05) is 21.3 Å². The molecule has 0 radical (unpaired) electrons. The van der Waals surface area contributed by atoms with Crippen LogP contribution in [0.5, 0.6) is 17.2 Å². The second-order valence-corrected chi connectivity index (χ2v) is 3.82. The Labute approximate surface area is 106 Å². The molecule has 0 saturated carbocycles. The lowest BCUT2D eigenvalue weighted by atomic mass is 10.2. The van der Waals surface area contributed by atoms with E-state index < -0.39 is 0 Å². The van der Waals surface area contributed by atoms with E-state index in [0.717, 1.165) is 12.1 Å². The minimum atomic E-state index is 0.614. The number of ether oxygens (including phenoxy) is 3. The lowest BCUT2D eigenvalue weighted by Gasteiger charge is -2.13. The lowest BCUT2D eigenvalue weighted by Crippen LogP contribution is -2.30. The molecule has 0 spiro atoms. The molecule has 1 N–H and O–H groups in total. The molecule has 0 fully saturated rings. The average molecular weight is 249 g/mol. The fourth-order valence-corrected chi connectivity index (χ4v) is 1.86. The van der Waals surface area contributed by atoms with Crippen molar-refractivity contribution < 1.29 is 18.8 Å². The summed E-state index contributed by atoms with van der Waals surface area (Å²) in [6.07, 6.45) is 5.73. The van der Waals surface area contributed by atoms with E-state index in [4.69, 9.17) is 14.2 Å². The highest BCUT2D eigenvalue weighted by atomic mass is 16.5. The molecule has 2 rings (SSSR count). The Hall–Kier alpha value is -2.17. The van der Waals surface area contributed by atoms with Crippen molar-refractivity contribution in [3.8, 4) is 17.2 Å². The molecule has 18 heavy (non-hydrogen) atoms. The van der Waals surface area contributed by atoms with Crippen molar-refractivity contribution in [1.82, 2.24) is 4.98 Å². The summed E-state index contributed by atoms with van der Waals surface area (Å²) >= 11 is 0. The predicted octanol–water partition coefficient (Wildman–Crippen LogP) is 1.38. The summed E-state index contributed by atoms with van der Waals surface area (Å²) in [6.45, 7) is 0.736. The fraction of sp³-hybridized carbons (Fsp3) is 0.308. The van der Waals surface area contributed by atoms with E-state index in [2.05, 4.69) is 4.98 Å². The van der Waals surface area contributed by atoms with E-state index in [-0.39, 0.29) is 0 Å². The van der Waals surface area contributed by atoms with Crippen LogP contribution in [-0.2, 0) is 6.54 Å². The van der Waals surface area contributed by atoms with Crippen LogP contribution in [0.4, 0.5) is 0 Å². The first-order valence-electron chi connectivity index (χ1n) is 5.59. The third-order valence-corrected chi connectivity index (χ3v) is 2.69. The van der Waals surface area contributed by atoms with Gasteiger partial charge in [0.05, 0.1) is 21.3 Å². The van der Waals surface area contributed by atoms with E-state index in [1.807, 2.05) is 35.4 Å². The maximum atomic E-state index is 5.32. The SMILES string of the molecule is COc1cc(C[n+]2cc[nH]c2)cc(OC)c1OC. The van der Waals surface area contributed by atoms with Crippen molar-refractivity contribution in [2.45, 2.75) is 6.54 Å². The van der Waals surface area contributed by atoms with Gasteiger partial charge in [-0.2, -0.15) is 0 Å². The number of aromatic amines is 1. The lowest BCUT2D eigenvalue weighted by molar-refractivity contribution is -0.687. The third kappa shape index (κ3) is 2.40. The molecule has 1 heterocycles.